The Kier molecular flexibility index (Phi) is 6.63. The van der Waals surface area contributed by atoms with Crippen LogP contribution < -0.4 is 5.32 Å². The van der Waals surface area contributed by atoms with Crippen molar-refractivity contribution >= 4 is 38.9 Å². The first-order chi connectivity index (χ1) is 13.8. The highest BCUT2D eigenvalue weighted by Gasteiger charge is 2.23. The summed E-state index contributed by atoms with van der Waals surface area (Å²) in [5.41, 5.74) is 1.79. The van der Waals surface area contributed by atoms with E-state index in [0.29, 0.717) is 5.02 Å². The van der Waals surface area contributed by atoms with Crippen molar-refractivity contribution in [1.82, 2.24) is 19.6 Å². The van der Waals surface area contributed by atoms with E-state index in [1.165, 1.54) is 42.9 Å². The third-order valence-corrected chi connectivity index (χ3v) is 7.11. The van der Waals surface area contributed by atoms with Crippen molar-refractivity contribution < 1.29 is 13.2 Å². The summed E-state index contributed by atoms with van der Waals surface area (Å²) in [6.45, 7) is 1.88. The van der Waals surface area contributed by atoms with E-state index >= 15 is 0 Å². The summed E-state index contributed by atoms with van der Waals surface area (Å²) in [4.78, 5) is 21.7. The van der Waals surface area contributed by atoms with Gasteiger partial charge in [0.05, 0.1) is 18.8 Å². The van der Waals surface area contributed by atoms with Crippen LogP contribution in [0.5, 0.6) is 0 Å². The summed E-state index contributed by atoms with van der Waals surface area (Å²) < 4.78 is 25.9. The van der Waals surface area contributed by atoms with Crippen LogP contribution in [-0.2, 0) is 21.4 Å². The fourth-order valence-electron chi connectivity index (χ4n) is 2.60. The van der Waals surface area contributed by atoms with Crippen LogP contribution in [0.15, 0.2) is 53.7 Å². The van der Waals surface area contributed by atoms with Crippen LogP contribution in [0.2, 0.25) is 5.02 Å². The number of halogens is 1. The number of sulfonamides is 1. The number of likely N-dealkylation sites (N-methyl/N-ethyl adjacent to an activating group) is 1. The van der Waals surface area contributed by atoms with Crippen molar-refractivity contribution in [3.63, 3.8) is 0 Å². The van der Waals surface area contributed by atoms with Crippen LogP contribution in [0.3, 0.4) is 0 Å². The number of aromatic nitrogens is 2. The molecule has 0 aliphatic carbocycles. The lowest BCUT2D eigenvalue weighted by Gasteiger charge is -2.16. The molecule has 1 aromatic carbocycles. The molecule has 2 heterocycles. The highest BCUT2D eigenvalue weighted by atomic mass is 35.5. The summed E-state index contributed by atoms with van der Waals surface area (Å²) in [6.07, 6.45) is 2.74. The van der Waals surface area contributed by atoms with Gasteiger partial charge in [0.1, 0.15) is 9.90 Å². The van der Waals surface area contributed by atoms with Crippen molar-refractivity contribution in [2.75, 3.05) is 13.6 Å². The number of rotatable bonds is 7. The van der Waals surface area contributed by atoms with Gasteiger partial charge in [-0.05, 0) is 31.2 Å². The summed E-state index contributed by atoms with van der Waals surface area (Å²) in [7, 11) is -2.42. The topological polar surface area (TPSA) is 92.3 Å². The first kappa shape index (κ1) is 21.4. The Hall–Kier alpha value is -2.33. The molecular formula is C19H19ClN4O3S2. The van der Waals surface area contributed by atoms with Gasteiger partial charge in [-0.2, -0.15) is 4.31 Å². The molecule has 0 saturated carbocycles. The van der Waals surface area contributed by atoms with Crippen molar-refractivity contribution in [2.45, 2.75) is 18.4 Å². The summed E-state index contributed by atoms with van der Waals surface area (Å²) >= 11 is 7.40. The zero-order valence-corrected chi connectivity index (χ0v) is 18.2. The second-order valence-electron chi connectivity index (χ2n) is 6.25. The van der Waals surface area contributed by atoms with Crippen molar-refractivity contribution in [3.8, 4) is 11.3 Å². The zero-order chi connectivity index (χ0) is 21.0. The lowest BCUT2D eigenvalue weighted by atomic mass is 10.1. The maximum absolute atomic E-state index is 12.5. The third-order valence-electron chi connectivity index (χ3n) is 4.10. The number of carbonyl (C=O) groups is 1. The Bertz CT molecular complexity index is 1100. The van der Waals surface area contributed by atoms with Crippen LogP contribution >= 0.6 is 22.9 Å². The highest BCUT2D eigenvalue weighted by molar-refractivity contribution is 7.89. The lowest BCUT2D eigenvalue weighted by Crippen LogP contribution is -2.38. The number of pyridine rings is 1. The molecule has 0 bridgehead atoms. The molecule has 0 saturated heterocycles. The zero-order valence-electron chi connectivity index (χ0n) is 15.8. The van der Waals surface area contributed by atoms with E-state index in [9.17, 15) is 13.2 Å². The molecule has 7 nitrogen and oxygen atoms in total. The second-order valence-corrected chi connectivity index (χ2v) is 10.0. The predicted octanol–water partition coefficient (Wildman–Crippen LogP) is 3.10. The van der Waals surface area contributed by atoms with Crippen LogP contribution in [0.25, 0.3) is 11.3 Å². The highest BCUT2D eigenvalue weighted by Crippen LogP contribution is 2.28. The number of aryl methyl sites for hydroxylation is 1. The van der Waals surface area contributed by atoms with Crippen LogP contribution in [0.1, 0.15) is 9.88 Å². The second kappa shape index (κ2) is 9.00. The van der Waals surface area contributed by atoms with Crippen LogP contribution in [-0.4, -0.2) is 42.2 Å². The van der Waals surface area contributed by atoms with Gasteiger partial charge < -0.3 is 5.32 Å². The quantitative estimate of drug-likeness (QED) is 0.597. The van der Waals surface area contributed by atoms with E-state index in [0.717, 1.165) is 25.4 Å². The van der Waals surface area contributed by atoms with Gasteiger partial charge in [0.25, 0.3) is 0 Å². The minimum Gasteiger partial charge on any atom is -0.348 e. The Morgan fingerprint density at radius 2 is 1.97 bits per heavy atom. The Balaban J connectivity index is 1.61. The number of nitrogens with one attached hydrogen (secondary N) is 1. The molecule has 3 aromatic rings. The van der Waals surface area contributed by atoms with Crippen molar-refractivity contribution in [1.29, 1.82) is 0 Å². The number of carbonyl (C=O) groups excluding carboxylic acids is 1. The van der Waals surface area contributed by atoms with Gasteiger partial charge in [0, 0.05) is 34.9 Å². The molecule has 0 unspecified atom stereocenters. The molecule has 3 rings (SSSR count). The molecule has 1 amide bonds. The van der Waals surface area contributed by atoms with Crippen molar-refractivity contribution in [2.24, 2.45) is 0 Å². The molecule has 29 heavy (non-hydrogen) atoms. The normalized spacial score (nSPS) is 11.6. The first-order valence-electron chi connectivity index (χ1n) is 8.62. The van der Waals surface area contributed by atoms with Crippen molar-refractivity contribution in [3.05, 3.63) is 63.7 Å². The molecule has 0 aliphatic rings. The molecular weight excluding hydrogens is 432 g/mol. The Morgan fingerprint density at radius 3 is 2.62 bits per heavy atom. The smallest absolute Gasteiger partial charge is 0.244 e. The lowest BCUT2D eigenvalue weighted by molar-refractivity contribution is -0.121. The van der Waals surface area contributed by atoms with E-state index < -0.39 is 15.9 Å². The maximum atomic E-state index is 12.5. The maximum Gasteiger partial charge on any atom is 0.244 e. The van der Waals surface area contributed by atoms with Gasteiger partial charge in [-0.15, -0.1) is 11.3 Å². The molecule has 0 fully saturated rings. The fourth-order valence-corrected chi connectivity index (χ4v) is 4.71. The van der Waals surface area contributed by atoms with Gasteiger partial charge in [0.2, 0.25) is 15.9 Å². The number of amides is 1. The molecule has 152 valence electrons. The number of hydrogen-bond acceptors (Lipinski definition) is 6. The Morgan fingerprint density at radius 1 is 1.24 bits per heavy atom. The minimum atomic E-state index is -3.77. The molecule has 0 atom stereocenters. The molecule has 0 aliphatic heterocycles. The van der Waals surface area contributed by atoms with Gasteiger partial charge in [-0.1, -0.05) is 23.7 Å². The Labute approximate surface area is 178 Å². The predicted molar refractivity (Wildman–Crippen MR) is 113 cm³/mol. The molecule has 1 N–H and O–H groups in total. The average Bonchev–Trinajstić information content (AvgIpc) is 3.08. The number of hydrogen-bond donors (Lipinski definition) is 1. The van der Waals surface area contributed by atoms with E-state index in [4.69, 9.17) is 11.6 Å². The minimum absolute atomic E-state index is 0.0402. The average molecular weight is 451 g/mol. The van der Waals surface area contributed by atoms with E-state index in [1.807, 2.05) is 19.1 Å². The number of benzene rings is 1. The van der Waals surface area contributed by atoms with Gasteiger partial charge >= 0.3 is 0 Å². The van der Waals surface area contributed by atoms with Crippen LogP contribution in [0.4, 0.5) is 0 Å². The number of nitrogens with zero attached hydrogens (tertiary/aromatic N) is 3. The first-order valence-corrected chi connectivity index (χ1v) is 11.3. The van der Waals surface area contributed by atoms with Crippen LogP contribution in [0, 0.1) is 6.92 Å². The standard InChI is InChI=1S/C19H19ClN4O3S2/c1-13-19(14-5-7-15(20)8-6-14)23-18(28-13)11-22-17(25)12-24(2)29(26,27)16-4-3-9-21-10-16/h3-10H,11-12H2,1-2H3,(H,22,25). The fraction of sp³-hybridized carbons (Fsp3) is 0.211. The largest absolute Gasteiger partial charge is 0.348 e. The molecule has 0 spiro atoms. The molecule has 2 aromatic heterocycles. The monoisotopic (exact) mass is 450 g/mol. The molecule has 0 radical (unpaired) electrons. The van der Waals surface area contributed by atoms with E-state index in [-0.39, 0.29) is 18.0 Å². The van der Waals surface area contributed by atoms with E-state index in [1.54, 1.807) is 12.1 Å². The molecule has 10 heteroatoms. The third kappa shape index (κ3) is 5.18. The summed E-state index contributed by atoms with van der Waals surface area (Å²) in [5.74, 6) is -0.416. The SMILES string of the molecule is Cc1sc(CNC(=O)CN(C)S(=O)(=O)c2cccnc2)nc1-c1ccc(Cl)cc1. The number of thiazole rings is 1. The summed E-state index contributed by atoms with van der Waals surface area (Å²) in [6, 6.07) is 10.4. The van der Waals surface area contributed by atoms with Gasteiger partial charge in [0.15, 0.2) is 0 Å². The van der Waals surface area contributed by atoms with Gasteiger partial charge in [-0.3, -0.25) is 9.78 Å². The van der Waals surface area contributed by atoms with Gasteiger partial charge in [-0.25, -0.2) is 13.4 Å². The summed E-state index contributed by atoms with van der Waals surface area (Å²) in [5, 5.41) is 4.11. The van der Waals surface area contributed by atoms with E-state index in [2.05, 4.69) is 15.3 Å².